The number of rotatable bonds is 7. The van der Waals surface area contributed by atoms with E-state index in [1.165, 1.54) is 19.3 Å². The smallest absolute Gasteiger partial charge is 0.262 e. The van der Waals surface area contributed by atoms with Crippen LogP contribution in [0.4, 0.5) is 5.69 Å². The highest BCUT2D eigenvalue weighted by Gasteiger charge is 2.15. The molecule has 0 unspecified atom stereocenters. The summed E-state index contributed by atoms with van der Waals surface area (Å²) >= 11 is 0. The Bertz CT molecular complexity index is 1010. The van der Waals surface area contributed by atoms with Crippen LogP contribution in [0, 0.1) is 0 Å². The number of aryl methyl sites for hydroxylation is 1. The number of ether oxygens (including phenoxy) is 2. The van der Waals surface area contributed by atoms with Crippen LogP contribution in [0.5, 0.6) is 11.5 Å². The predicted molar refractivity (Wildman–Crippen MR) is 117 cm³/mol. The van der Waals surface area contributed by atoms with Gasteiger partial charge in [0.15, 0.2) is 6.61 Å². The lowest BCUT2D eigenvalue weighted by Gasteiger charge is -2.25. The summed E-state index contributed by atoms with van der Waals surface area (Å²) in [7, 11) is 3.66. The number of amides is 1. The molecule has 1 aromatic heterocycles. The number of carbonyl (C=O) groups excluding carboxylic acids is 1. The molecule has 7 nitrogen and oxygen atoms in total. The molecule has 1 N–H and O–H groups in total. The van der Waals surface area contributed by atoms with E-state index in [9.17, 15) is 4.79 Å². The van der Waals surface area contributed by atoms with Gasteiger partial charge in [-0.2, -0.15) is 0 Å². The molecule has 0 radical (unpaired) electrons. The summed E-state index contributed by atoms with van der Waals surface area (Å²) in [4.78, 5) is 19.6. The molecule has 0 saturated carbocycles. The number of fused-ring (bicyclic) bond motifs is 1. The van der Waals surface area contributed by atoms with Gasteiger partial charge in [-0.1, -0.05) is 6.42 Å². The molecule has 0 aliphatic carbocycles. The van der Waals surface area contributed by atoms with Gasteiger partial charge >= 0.3 is 0 Å². The highest BCUT2D eigenvalue weighted by atomic mass is 16.5. The zero-order valence-corrected chi connectivity index (χ0v) is 17.6. The minimum atomic E-state index is -0.213. The van der Waals surface area contributed by atoms with E-state index in [0.29, 0.717) is 11.4 Å². The average Bonchev–Trinajstić information content (AvgIpc) is 3.08. The Morgan fingerprint density at radius 1 is 1.07 bits per heavy atom. The number of nitrogens with zero attached hydrogens (tertiary/aromatic N) is 3. The van der Waals surface area contributed by atoms with Crippen LogP contribution >= 0.6 is 0 Å². The zero-order chi connectivity index (χ0) is 20.9. The summed E-state index contributed by atoms with van der Waals surface area (Å²) in [5, 5.41) is 2.89. The molecule has 4 rings (SSSR count). The van der Waals surface area contributed by atoms with E-state index in [2.05, 4.69) is 21.8 Å². The van der Waals surface area contributed by atoms with Gasteiger partial charge in [0.1, 0.15) is 17.3 Å². The Morgan fingerprint density at radius 2 is 1.80 bits per heavy atom. The van der Waals surface area contributed by atoms with E-state index in [1.807, 2.05) is 18.2 Å². The molecule has 158 valence electrons. The first-order valence-electron chi connectivity index (χ1n) is 10.4. The molecule has 1 amide bonds. The molecule has 30 heavy (non-hydrogen) atoms. The highest BCUT2D eigenvalue weighted by Crippen LogP contribution is 2.22. The van der Waals surface area contributed by atoms with Crippen LogP contribution in [0.25, 0.3) is 11.0 Å². The molecule has 2 heterocycles. The number of imidazole rings is 1. The fourth-order valence-electron chi connectivity index (χ4n) is 3.80. The average molecular weight is 409 g/mol. The first-order chi connectivity index (χ1) is 14.6. The van der Waals surface area contributed by atoms with Crippen molar-refractivity contribution in [2.24, 2.45) is 7.05 Å². The van der Waals surface area contributed by atoms with Crippen molar-refractivity contribution >= 4 is 22.6 Å². The Hall–Kier alpha value is -3.06. The molecule has 1 aliphatic heterocycles. The number of hydrogen-bond acceptors (Lipinski definition) is 5. The number of benzene rings is 2. The van der Waals surface area contributed by atoms with E-state index in [-0.39, 0.29) is 12.5 Å². The molecule has 1 aliphatic rings. The maximum Gasteiger partial charge on any atom is 0.262 e. The number of anilines is 1. The van der Waals surface area contributed by atoms with Crippen molar-refractivity contribution in [2.45, 2.75) is 25.8 Å². The summed E-state index contributed by atoms with van der Waals surface area (Å²) < 4.78 is 12.8. The van der Waals surface area contributed by atoms with E-state index in [4.69, 9.17) is 14.5 Å². The molecule has 1 saturated heterocycles. The topological polar surface area (TPSA) is 68.6 Å². The Kier molecular flexibility index (Phi) is 6.18. The fraction of sp³-hybridized carbons (Fsp3) is 0.391. The maximum atomic E-state index is 12.3. The van der Waals surface area contributed by atoms with Gasteiger partial charge in [0.2, 0.25) is 0 Å². The van der Waals surface area contributed by atoms with E-state index in [1.54, 1.807) is 31.4 Å². The second-order valence-corrected chi connectivity index (χ2v) is 7.64. The van der Waals surface area contributed by atoms with Crippen molar-refractivity contribution in [1.29, 1.82) is 0 Å². The van der Waals surface area contributed by atoms with Gasteiger partial charge in [0.05, 0.1) is 24.7 Å². The van der Waals surface area contributed by atoms with Crippen molar-refractivity contribution in [2.75, 3.05) is 32.1 Å². The second kappa shape index (κ2) is 9.17. The van der Waals surface area contributed by atoms with Gasteiger partial charge in [-0.25, -0.2) is 4.98 Å². The van der Waals surface area contributed by atoms with Crippen molar-refractivity contribution in [3.63, 3.8) is 0 Å². The van der Waals surface area contributed by atoms with E-state index < -0.39 is 0 Å². The molecule has 1 fully saturated rings. The number of aromatic nitrogens is 2. The summed E-state index contributed by atoms with van der Waals surface area (Å²) in [6.45, 7) is 3.08. The lowest BCUT2D eigenvalue weighted by atomic mass is 10.1. The predicted octanol–water partition coefficient (Wildman–Crippen LogP) is 3.59. The van der Waals surface area contributed by atoms with Crippen molar-refractivity contribution in [3.8, 4) is 11.5 Å². The number of piperidine rings is 1. The normalized spacial score (nSPS) is 14.6. The number of methoxy groups -OCH3 is 1. The van der Waals surface area contributed by atoms with E-state index in [0.717, 1.165) is 42.2 Å². The summed E-state index contributed by atoms with van der Waals surface area (Å²) in [5.41, 5.74) is 2.67. The number of carbonyl (C=O) groups is 1. The first kappa shape index (κ1) is 20.2. The van der Waals surface area contributed by atoms with Crippen molar-refractivity contribution in [3.05, 3.63) is 48.3 Å². The Labute approximate surface area is 176 Å². The lowest BCUT2D eigenvalue weighted by molar-refractivity contribution is -0.118. The molecule has 2 aromatic carbocycles. The summed E-state index contributed by atoms with van der Waals surface area (Å²) in [6.07, 6.45) is 3.85. The quantitative estimate of drug-likeness (QED) is 0.647. The SMILES string of the molecule is COc1ccc(OCC(=O)Nc2ccc3c(c2)nc(CN2CCCCC2)n3C)cc1. The molecular formula is C23H28N4O3. The molecule has 0 bridgehead atoms. The van der Waals surface area contributed by atoms with Crippen LogP contribution in [0.3, 0.4) is 0 Å². The number of nitrogens with one attached hydrogen (secondary N) is 1. The molecular weight excluding hydrogens is 380 g/mol. The second-order valence-electron chi connectivity index (χ2n) is 7.64. The van der Waals surface area contributed by atoms with Gasteiger partial charge in [0.25, 0.3) is 5.91 Å². The largest absolute Gasteiger partial charge is 0.497 e. The number of hydrogen-bond donors (Lipinski definition) is 1. The van der Waals surface area contributed by atoms with Gasteiger partial charge in [-0.05, 0) is 68.4 Å². The van der Waals surface area contributed by atoms with Crippen LogP contribution in [0.1, 0.15) is 25.1 Å². The standard InChI is InChI=1S/C23H28N4O3/c1-26-21-11-6-17(14-20(21)25-22(26)15-27-12-4-3-5-13-27)24-23(28)16-30-19-9-7-18(29-2)8-10-19/h6-11,14H,3-5,12-13,15-16H2,1-2H3,(H,24,28). The van der Waals surface area contributed by atoms with Crippen LogP contribution in [-0.4, -0.2) is 47.2 Å². The zero-order valence-electron chi connectivity index (χ0n) is 17.6. The molecule has 7 heteroatoms. The Balaban J connectivity index is 1.38. The third-order valence-corrected chi connectivity index (χ3v) is 5.50. The van der Waals surface area contributed by atoms with Crippen LogP contribution in [-0.2, 0) is 18.4 Å². The number of likely N-dealkylation sites (tertiary alicyclic amines) is 1. The van der Waals surface area contributed by atoms with Crippen LogP contribution in [0.2, 0.25) is 0 Å². The molecule has 0 spiro atoms. The van der Waals surface area contributed by atoms with Gasteiger partial charge < -0.3 is 19.4 Å². The van der Waals surface area contributed by atoms with Crippen molar-refractivity contribution < 1.29 is 14.3 Å². The lowest BCUT2D eigenvalue weighted by Crippen LogP contribution is -2.30. The Morgan fingerprint density at radius 3 is 2.53 bits per heavy atom. The third-order valence-electron chi connectivity index (χ3n) is 5.50. The van der Waals surface area contributed by atoms with Gasteiger partial charge in [-0.3, -0.25) is 9.69 Å². The van der Waals surface area contributed by atoms with Crippen molar-refractivity contribution in [1.82, 2.24) is 14.5 Å². The van der Waals surface area contributed by atoms with Crippen LogP contribution < -0.4 is 14.8 Å². The molecule has 0 atom stereocenters. The summed E-state index contributed by atoms with van der Waals surface area (Å²) in [5.74, 6) is 2.21. The minimum Gasteiger partial charge on any atom is -0.497 e. The van der Waals surface area contributed by atoms with Gasteiger partial charge in [0, 0.05) is 12.7 Å². The minimum absolute atomic E-state index is 0.0627. The van der Waals surface area contributed by atoms with Crippen LogP contribution in [0.15, 0.2) is 42.5 Å². The third kappa shape index (κ3) is 4.74. The molecule has 3 aromatic rings. The maximum absolute atomic E-state index is 12.3. The van der Waals surface area contributed by atoms with E-state index >= 15 is 0 Å². The highest BCUT2D eigenvalue weighted by molar-refractivity contribution is 5.94. The fourth-order valence-corrected chi connectivity index (χ4v) is 3.80. The monoisotopic (exact) mass is 408 g/mol. The first-order valence-corrected chi connectivity index (χ1v) is 10.4. The van der Waals surface area contributed by atoms with Gasteiger partial charge in [-0.15, -0.1) is 0 Å². The summed E-state index contributed by atoms with van der Waals surface area (Å²) in [6, 6.07) is 13.0.